The Morgan fingerprint density at radius 1 is 0.778 bits per heavy atom. The van der Waals surface area contributed by atoms with E-state index >= 15 is 0 Å². The Morgan fingerprint density at radius 2 is 1.37 bits per heavy atom. The fourth-order valence-corrected chi connectivity index (χ4v) is 2.92. The fraction of sp³-hybridized carbons (Fsp3) is 0.211. The Morgan fingerprint density at radius 3 is 2.00 bits per heavy atom. The van der Waals surface area contributed by atoms with Crippen LogP contribution in [-0.4, -0.2) is 41.1 Å². The van der Waals surface area contributed by atoms with Gasteiger partial charge in [-0.05, 0) is 36.4 Å². The van der Waals surface area contributed by atoms with Crippen LogP contribution in [-0.2, 0) is 0 Å². The zero-order chi connectivity index (χ0) is 18.5. The molecule has 138 valence electrons. The Balaban J connectivity index is 1.63. The quantitative estimate of drug-likeness (QED) is 0.625. The number of anilines is 5. The van der Waals surface area contributed by atoms with Crippen molar-refractivity contribution in [2.24, 2.45) is 0 Å². The van der Waals surface area contributed by atoms with Gasteiger partial charge in [-0.2, -0.15) is 15.0 Å². The van der Waals surface area contributed by atoms with Crippen molar-refractivity contribution >= 4 is 40.8 Å². The summed E-state index contributed by atoms with van der Waals surface area (Å²) < 4.78 is 0. The van der Waals surface area contributed by atoms with Crippen molar-refractivity contribution in [3.05, 3.63) is 59.6 Å². The highest BCUT2D eigenvalue weighted by atomic mass is 35.5. The summed E-state index contributed by atoms with van der Waals surface area (Å²) in [7, 11) is 0. The van der Waals surface area contributed by atoms with Gasteiger partial charge in [-0.25, -0.2) is 0 Å². The summed E-state index contributed by atoms with van der Waals surface area (Å²) >= 11 is 5.97. The van der Waals surface area contributed by atoms with Gasteiger partial charge in [0.25, 0.3) is 0 Å². The molecule has 1 fully saturated rings. The van der Waals surface area contributed by atoms with Gasteiger partial charge in [0.15, 0.2) is 0 Å². The zero-order valence-corrected chi connectivity index (χ0v) is 15.4. The van der Waals surface area contributed by atoms with Gasteiger partial charge in [-0.15, -0.1) is 0 Å². The monoisotopic (exact) mass is 381 g/mol. The van der Waals surface area contributed by atoms with Crippen molar-refractivity contribution < 1.29 is 0 Å². The van der Waals surface area contributed by atoms with Crippen molar-refractivity contribution in [2.75, 3.05) is 41.7 Å². The Labute approximate surface area is 162 Å². The molecule has 1 aliphatic rings. The molecule has 0 atom stereocenters. The van der Waals surface area contributed by atoms with Crippen LogP contribution in [0, 0.1) is 0 Å². The summed E-state index contributed by atoms with van der Waals surface area (Å²) in [5, 5.41) is 10.5. The maximum atomic E-state index is 5.97. The van der Waals surface area contributed by atoms with E-state index in [1.165, 1.54) is 0 Å². The van der Waals surface area contributed by atoms with Gasteiger partial charge in [0.2, 0.25) is 17.8 Å². The summed E-state index contributed by atoms with van der Waals surface area (Å²) in [6, 6.07) is 17.3. The fourth-order valence-electron chi connectivity index (χ4n) is 2.80. The number of nitrogens with zero attached hydrogens (tertiary/aromatic N) is 4. The molecule has 0 saturated carbocycles. The number of hydrogen-bond donors (Lipinski definition) is 3. The van der Waals surface area contributed by atoms with Crippen LogP contribution in [0.4, 0.5) is 29.2 Å². The SMILES string of the molecule is Clc1ccc(Nc2nc(Nc3ccccc3)nc(N3CCNCC3)n2)cc1. The smallest absolute Gasteiger partial charge is 0.233 e. The predicted octanol–water partition coefficient (Wildman–Crippen LogP) is 3.42. The van der Waals surface area contributed by atoms with Crippen LogP contribution in [0.1, 0.15) is 0 Å². The van der Waals surface area contributed by atoms with Crippen molar-refractivity contribution in [1.82, 2.24) is 20.3 Å². The van der Waals surface area contributed by atoms with Gasteiger partial charge in [0.05, 0.1) is 0 Å². The van der Waals surface area contributed by atoms with Crippen LogP contribution >= 0.6 is 11.6 Å². The molecule has 0 amide bonds. The Hall–Kier alpha value is -2.90. The van der Waals surface area contributed by atoms with Crippen LogP contribution in [0.2, 0.25) is 5.02 Å². The number of piperazine rings is 1. The van der Waals surface area contributed by atoms with E-state index in [0.29, 0.717) is 22.9 Å². The summed E-state index contributed by atoms with van der Waals surface area (Å²) in [4.78, 5) is 15.9. The molecular weight excluding hydrogens is 362 g/mol. The van der Waals surface area contributed by atoms with E-state index in [0.717, 1.165) is 37.6 Å². The molecule has 7 nitrogen and oxygen atoms in total. The summed E-state index contributed by atoms with van der Waals surface area (Å²) in [6.45, 7) is 3.53. The molecule has 2 aromatic carbocycles. The highest BCUT2D eigenvalue weighted by Gasteiger charge is 2.16. The molecule has 0 spiro atoms. The van der Waals surface area contributed by atoms with Gasteiger partial charge >= 0.3 is 0 Å². The highest BCUT2D eigenvalue weighted by Crippen LogP contribution is 2.21. The van der Waals surface area contributed by atoms with Crippen LogP contribution in [0.5, 0.6) is 0 Å². The van der Waals surface area contributed by atoms with E-state index in [1.54, 1.807) is 0 Å². The van der Waals surface area contributed by atoms with Crippen molar-refractivity contribution in [1.29, 1.82) is 0 Å². The number of nitrogens with one attached hydrogen (secondary N) is 3. The first-order valence-corrected chi connectivity index (χ1v) is 9.20. The number of aromatic nitrogens is 3. The standard InChI is InChI=1S/C19H20ClN7/c20-14-6-8-16(9-7-14)23-18-24-17(22-15-4-2-1-3-5-15)25-19(26-18)27-12-10-21-11-13-27/h1-9,21H,10-13H2,(H2,22,23,24,25,26). The van der Waals surface area contributed by atoms with E-state index in [4.69, 9.17) is 11.6 Å². The third-order valence-corrected chi connectivity index (χ3v) is 4.41. The lowest BCUT2D eigenvalue weighted by Crippen LogP contribution is -2.44. The topological polar surface area (TPSA) is 78.0 Å². The number of hydrogen-bond acceptors (Lipinski definition) is 7. The lowest BCUT2D eigenvalue weighted by Gasteiger charge is -2.27. The van der Waals surface area contributed by atoms with E-state index < -0.39 is 0 Å². The minimum absolute atomic E-state index is 0.485. The van der Waals surface area contributed by atoms with Gasteiger partial charge in [-0.3, -0.25) is 0 Å². The van der Waals surface area contributed by atoms with Crippen LogP contribution in [0.3, 0.4) is 0 Å². The molecule has 3 N–H and O–H groups in total. The van der Waals surface area contributed by atoms with E-state index in [-0.39, 0.29) is 0 Å². The summed E-state index contributed by atoms with van der Waals surface area (Å²) in [6.07, 6.45) is 0. The lowest BCUT2D eigenvalue weighted by molar-refractivity contribution is 0.579. The molecule has 4 rings (SSSR count). The number of para-hydroxylation sites is 1. The number of benzene rings is 2. The minimum atomic E-state index is 0.485. The minimum Gasteiger partial charge on any atom is -0.338 e. The third kappa shape index (κ3) is 4.64. The molecule has 8 heteroatoms. The molecule has 27 heavy (non-hydrogen) atoms. The van der Waals surface area contributed by atoms with Crippen LogP contribution in [0.15, 0.2) is 54.6 Å². The van der Waals surface area contributed by atoms with Crippen LogP contribution < -0.4 is 20.9 Å². The first-order valence-electron chi connectivity index (χ1n) is 8.83. The molecule has 0 unspecified atom stereocenters. The third-order valence-electron chi connectivity index (χ3n) is 4.15. The van der Waals surface area contributed by atoms with E-state index in [2.05, 4.69) is 35.8 Å². The Bertz CT molecular complexity index is 880. The molecule has 1 aromatic heterocycles. The van der Waals surface area contributed by atoms with E-state index in [9.17, 15) is 0 Å². The zero-order valence-electron chi connectivity index (χ0n) is 14.7. The number of rotatable bonds is 5. The van der Waals surface area contributed by atoms with Gasteiger partial charge in [-0.1, -0.05) is 29.8 Å². The molecule has 1 saturated heterocycles. The first-order chi connectivity index (χ1) is 13.3. The number of halogens is 1. The Kier molecular flexibility index (Phi) is 5.32. The van der Waals surface area contributed by atoms with Gasteiger partial charge in [0, 0.05) is 42.6 Å². The molecular formula is C19H20ClN7. The van der Waals surface area contributed by atoms with Crippen LogP contribution in [0.25, 0.3) is 0 Å². The lowest BCUT2D eigenvalue weighted by atomic mass is 10.3. The largest absolute Gasteiger partial charge is 0.338 e. The first kappa shape index (κ1) is 17.5. The molecule has 0 aliphatic carbocycles. The molecule has 2 heterocycles. The average molecular weight is 382 g/mol. The second kappa shape index (κ2) is 8.20. The highest BCUT2D eigenvalue weighted by molar-refractivity contribution is 6.30. The second-order valence-electron chi connectivity index (χ2n) is 6.14. The van der Waals surface area contributed by atoms with Gasteiger partial charge in [0.1, 0.15) is 0 Å². The van der Waals surface area contributed by atoms with Crippen molar-refractivity contribution in [3.63, 3.8) is 0 Å². The summed E-state index contributed by atoms with van der Waals surface area (Å²) in [5.74, 6) is 1.64. The van der Waals surface area contributed by atoms with E-state index in [1.807, 2.05) is 54.6 Å². The summed E-state index contributed by atoms with van der Waals surface area (Å²) in [5.41, 5.74) is 1.79. The van der Waals surface area contributed by atoms with Crippen molar-refractivity contribution in [2.45, 2.75) is 0 Å². The maximum Gasteiger partial charge on any atom is 0.233 e. The van der Waals surface area contributed by atoms with Crippen molar-refractivity contribution in [3.8, 4) is 0 Å². The average Bonchev–Trinajstić information content (AvgIpc) is 2.71. The second-order valence-corrected chi connectivity index (χ2v) is 6.58. The predicted molar refractivity (Wildman–Crippen MR) is 109 cm³/mol. The molecule has 0 bridgehead atoms. The normalized spacial score (nSPS) is 14.0. The molecule has 1 aliphatic heterocycles. The molecule has 0 radical (unpaired) electrons. The van der Waals surface area contributed by atoms with Gasteiger partial charge < -0.3 is 20.9 Å². The maximum absolute atomic E-state index is 5.97. The molecule has 3 aromatic rings.